The largest absolute Gasteiger partial charge is 0 e. The van der Waals surface area contributed by atoms with Gasteiger partial charge in [-0.25, -0.2) is 0 Å². The van der Waals surface area contributed by atoms with Crippen molar-refractivity contribution in [2.75, 3.05) is 0 Å². The van der Waals surface area contributed by atoms with Crippen LogP contribution in [0.5, 0.6) is 0 Å². The molecular formula is H2O3SmTi. The van der Waals surface area contributed by atoms with Gasteiger partial charge in [0.25, 0.3) is 0 Å². The third kappa shape index (κ3) is 26.2. The maximum Gasteiger partial charge on any atom is 0 e. The van der Waals surface area contributed by atoms with Crippen LogP contribution in [-0.4, -0.2) is 7.38 Å². The molecule has 0 aliphatic heterocycles. The van der Waals surface area contributed by atoms with Crippen molar-refractivity contribution in [2.24, 2.45) is 0 Å². The van der Waals surface area contributed by atoms with Gasteiger partial charge in [-0.15, -0.1) is 0 Å². The summed E-state index contributed by atoms with van der Waals surface area (Å²) in [6, 6.07) is 0. The van der Waals surface area contributed by atoms with E-state index in [0.29, 0.717) is 0 Å². The minimum Gasteiger partial charge on any atom is 0 e. The molecule has 0 fully saturated rings. The van der Waals surface area contributed by atoms with Gasteiger partial charge < -0.3 is 0 Å². The Morgan fingerprint density at radius 2 is 1.40 bits per heavy atom. The van der Waals surface area contributed by atoms with E-state index in [1.807, 2.05) is 0 Å². The minimum absolute atomic E-state index is 0. The Hall–Kier alpha value is 1.77. The van der Waals surface area contributed by atoms with Gasteiger partial charge in [0.1, 0.15) is 0 Å². The first kappa shape index (κ1) is 9.91. The Bertz CT molecular complexity index is 29.9. The van der Waals surface area contributed by atoms with Crippen molar-refractivity contribution >= 4 is 0 Å². The molecule has 0 aliphatic carbocycles. The predicted octanol–water partition coefficient (Wildman–Crippen LogP) is -1.24. The average molecular weight is 248 g/mol. The van der Waals surface area contributed by atoms with Crippen LogP contribution in [-0.2, 0) is 21.9 Å². The topological polar surface area (TPSA) is 57.5 Å². The van der Waals surface area contributed by atoms with E-state index in [2.05, 4.69) is 0 Å². The second-order valence-electron chi connectivity index (χ2n) is 0.283. The fraction of sp³-hybridized carbons (Fsp3) is 0. The van der Waals surface area contributed by atoms with Crippen molar-refractivity contribution in [3.05, 3.63) is 0 Å². The van der Waals surface area contributed by atoms with Crippen molar-refractivity contribution in [2.45, 2.75) is 0 Å². The fourth-order valence-corrected chi connectivity index (χ4v) is 0. The molecule has 0 aromatic rings. The summed E-state index contributed by atoms with van der Waals surface area (Å²) >= 11 is -3.58. The maximum absolute atomic E-state index is 8.81. The summed E-state index contributed by atoms with van der Waals surface area (Å²) < 4.78 is 23.2. The molecule has 0 aromatic carbocycles. The van der Waals surface area contributed by atoms with Gasteiger partial charge in [-0.3, -0.25) is 0 Å². The van der Waals surface area contributed by atoms with Crippen molar-refractivity contribution in [1.82, 2.24) is 0 Å². The van der Waals surface area contributed by atoms with Crippen molar-refractivity contribution in [3.63, 3.8) is 0 Å². The zero-order valence-corrected chi connectivity index (χ0v) is 6.39. The fourth-order valence-electron chi connectivity index (χ4n) is 0. The first-order chi connectivity index (χ1) is 1.73. The quantitative estimate of drug-likeness (QED) is 0.527. The van der Waals surface area contributed by atoms with Crippen LogP contribution in [0.3, 0.4) is 0 Å². The van der Waals surface area contributed by atoms with Crippen LogP contribution < -0.4 is 0 Å². The van der Waals surface area contributed by atoms with E-state index >= 15 is 0 Å². The van der Waals surface area contributed by atoms with E-state index in [-0.39, 0.29) is 40.4 Å². The Morgan fingerprint density at radius 3 is 1.40 bits per heavy atom. The number of hydrogen-bond acceptors (Lipinski definition) is 1. The van der Waals surface area contributed by atoms with Crippen LogP contribution in [0.25, 0.3) is 0 Å². The van der Waals surface area contributed by atoms with Gasteiger partial charge in [0, 0.05) is 40.4 Å². The van der Waals surface area contributed by atoms with Gasteiger partial charge in [-0.05, 0) is 0 Å². The van der Waals surface area contributed by atoms with Gasteiger partial charge >= 0.3 is 29.3 Å². The van der Waals surface area contributed by atoms with E-state index < -0.39 is 18.6 Å². The summed E-state index contributed by atoms with van der Waals surface area (Å²) in [5.74, 6) is 0. The molecule has 5 heteroatoms. The molecule has 0 atom stereocenters. The Labute approximate surface area is 68.6 Å². The third-order valence-corrected chi connectivity index (χ3v) is 0. The monoisotopic (exact) mass is 250 g/mol. The van der Waals surface area contributed by atoms with Crippen LogP contribution in [0.4, 0.5) is 0 Å². The van der Waals surface area contributed by atoms with Crippen LogP contribution in [0, 0.1) is 40.4 Å². The molecule has 0 radical (unpaired) electrons. The zero-order chi connectivity index (χ0) is 3.58. The molecule has 0 unspecified atom stereocenters. The van der Waals surface area contributed by atoms with Gasteiger partial charge in [-0.1, -0.05) is 0 Å². The summed E-state index contributed by atoms with van der Waals surface area (Å²) in [5.41, 5.74) is 0. The van der Waals surface area contributed by atoms with Crippen molar-refractivity contribution in [1.29, 1.82) is 0 Å². The van der Waals surface area contributed by atoms with Gasteiger partial charge in [-0.2, -0.15) is 0 Å². The first-order valence-electron chi connectivity index (χ1n) is 0.651. The molecule has 0 spiro atoms. The molecule has 0 heterocycles. The maximum atomic E-state index is 8.81. The molecule has 3 nitrogen and oxygen atoms in total. The van der Waals surface area contributed by atoms with Gasteiger partial charge in [0.15, 0.2) is 0 Å². The smallest absolute Gasteiger partial charge is 0 e. The summed E-state index contributed by atoms with van der Waals surface area (Å²) in [4.78, 5) is 0. The molecule has 30 valence electrons. The minimum atomic E-state index is -3.58. The molecule has 0 saturated heterocycles. The number of hydrogen-bond donors (Lipinski definition) is 2. The number of rotatable bonds is 0. The van der Waals surface area contributed by atoms with Crippen molar-refractivity contribution < 1.29 is 69.7 Å². The van der Waals surface area contributed by atoms with Crippen LogP contribution in [0.1, 0.15) is 0 Å². The molecule has 5 heavy (non-hydrogen) atoms. The standard InChI is InChI=1S/2H2O.O.Sm.Ti/h2*1H2;;;/q;;;;+2/p-2. The first-order valence-corrected chi connectivity index (χ1v) is 2.69. The zero-order valence-electron chi connectivity index (χ0n) is 2.21. The van der Waals surface area contributed by atoms with Gasteiger partial charge in [0.2, 0.25) is 0 Å². The Kier molecular flexibility index (Phi) is 11.4. The Morgan fingerprint density at radius 1 is 1.40 bits per heavy atom. The van der Waals surface area contributed by atoms with Crippen molar-refractivity contribution in [3.8, 4) is 0 Å². The predicted molar refractivity (Wildman–Crippen MR) is 5.12 cm³/mol. The van der Waals surface area contributed by atoms with Crippen LogP contribution >= 0.6 is 0 Å². The molecule has 0 rings (SSSR count). The van der Waals surface area contributed by atoms with E-state index in [4.69, 9.17) is 10.7 Å². The van der Waals surface area contributed by atoms with E-state index in [9.17, 15) is 0 Å². The summed E-state index contributed by atoms with van der Waals surface area (Å²) in [6.45, 7) is 0. The van der Waals surface area contributed by atoms with E-state index in [1.165, 1.54) is 0 Å². The van der Waals surface area contributed by atoms with E-state index in [1.54, 1.807) is 0 Å². The third-order valence-electron chi connectivity index (χ3n) is 0. The molecular weight excluding hydrogens is 246 g/mol. The summed E-state index contributed by atoms with van der Waals surface area (Å²) in [5, 5.41) is 0. The molecule has 0 aromatic heterocycles. The average Bonchev–Trinajstić information content (AvgIpc) is 0.811. The normalized spacial score (nSPS) is 5.20. The Balaban J connectivity index is 0. The molecule has 0 saturated carbocycles. The SMILES string of the molecule is [O]=[Ti]([OH])[OH].[Sm]. The summed E-state index contributed by atoms with van der Waals surface area (Å²) in [7, 11) is 0. The molecule has 2 N–H and O–H groups in total. The molecule has 0 bridgehead atoms. The summed E-state index contributed by atoms with van der Waals surface area (Å²) in [6.07, 6.45) is 0. The van der Waals surface area contributed by atoms with Gasteiger partial charge in [0.05, 0.1) is 0 Å². The second kappa shape index (κ2) is 5.77. The second-order valence-corrected chi connectivity index (χ2v) is 1.17. The molecule has 0 aliphatic rings. The van der Waals surface area contributed by atoms with E-state index in [0.717, 1.165) is 0 Å². The molecule has 0 amide bonds. The van der Waals surface area contributed by atoms with Crippen LogP contribution in [0.15, 0.2) is 0 Å². The van der Waals surface area contributed by atoms with Crippen LogP contribution in [0.2, 0.25) is 0 Å².